The average Bonchev–Trinajstić information content (AvgIpc) is 2.81. The molecule has 0 aliphatic heterocycles. The first-order valence-corrected chi connectivity index (χ1v) is 13.8. The van der Waals surface area contributed by atoms with Gasteiger partial charge in [-0.3, -0.25) is 10.1 Å². The summed E-state index contributed by atoms with van der Waals surface area (Å²) in [6, 6.07) is 3.94. The third-order valence-corrected chi connectivity index (χ3v) is 6.51. The van der Waals surface area contributed by atoms with Gasteiger partial charge in [-0.2, -0.15) is 11.8 Å². The highest BCUT2D eigenvalue weighted by molar-refractivity contribution is 7.99. The van der Waals surface area contributed by atoms with Gasteiger partial charge in [0.25, 0.3) is 5.91 Å². The summed E-state index contributed by atoms with van der Waals surface area (Å²) in [6.07, 6.45) is 17.4. The molecular formula is C29H44N4O2S. The van der Waals surface area contributed by atoms with Crippen LogP contribution in [0.4, 0.5) is 10.6 Å². The van der Waals surface area contributed by atoms with Crippen LogP contribution in [0.15, 0.2) is 71.0 Å². The fourth-order valence-electron chi connectivity index (χ4n) is 3.39. The minimum Gasteiger partial charge on any atom is -0.358 e. The predicted octanol–water partition coefficient (Wildman–Crippen LogP) is 6.94. The highest BCUT2D eigenvalue weighted by Gasteiger charge is 2.19. The van der Waals surface area contributed by atoms with E-state index in [9.17, 15) is 9.59 Å². The molecule has 0 aliphatic rings. The number of urea groups is 1. The Morgan fingerprint density at radius 3 is 2.03 bits per heavy atom. The number of anilines is 1. The number of nitrogens with two attached hydrogens (primary N) is 1. The maximum Gasteiger partial charge on any atom is 0.318 e. The molecule has 0 saturated carbocycles. The standard InChI is InChI=1S/C29H44N4O2S/c1-22(2)11-8-12-23(3)13-9-14-24(4)15-10-16-25(5)18-20-36-21-26(28(34)33-29(30)35)32-27-17-6-7-19-31-27/h6-7,11,13,15,17-19,26H,8-10,12,14,16,20-21H2,1-5H3,(H,31,32)(H3,30,33,34,35)/b23-13+,24-15+,25-18+. The Morgan fingerprint density at radius 2 is 1.50 bits per heavy atom. The Morgan fingerprint density at radius 1 is 0.917 bits per heavy atom. The van der Waals surface area contributed by atoms with Crippen LogP contribution in [0.5, 0.6) is 0 Å². The number of rotatable bonds is 16. The van der Waals surface area contributed by atoms with E-state index < -0.39 is 18.0 Å². The second-order valence-corrected chi connectivity index (χ2v) is 10.4. The third-order valence-electron chi connectivity index (χ3n) is 5.54. The van der Waals surface area contributed by atoms with E-state index in [0.717, 1.165) is 44.3 Å². The van der Waals surface area contributed by atoms with Crippen molar-refractivity contribution in [1.29, 1.82) is 0 Å². The van der Waals surface area contributed by atoms with Crippen LogP contribution in [0.3, 0.4) is 0 Å². The van der Waals surface area contributed by atoms with Crippen molar-refractivity contribution >= 4 is 29.5 Å². The first kappa shape index (κ1) is 31.2. The van der Waals surface area contributed by atoms with Gasteiger partial charge in [-0.15, -0.1) is 0 Å². The van der Waals surface area contributed by atoms with E-state index in [-0.39, 0.29) is 0 Å². The molecule has 0 radical (unpaired) electrons. The zero-order valence-electron chi connectivity index (χ0n) is 22.6. The minimum atomic E-state index is -0.859. The molecule has 1 heterocycles. The number of aromatic nitrogens is 1. The summed E-state index contributed by atoms with van der Waals surface area (Å²) in [5.74, 6) is 1.39. The lowest BCUT2D eigenvalue weighted by molar-refractivity contribution is -0.120. The van der Waals surface area contributed by atoms with Crippen molar-refractivity contribution in [3.05, 3.63) is 71.0 Å². The molecule has 36 heavy (non-hydrogen) atoms. The molecule has 0 fully saturated rings. The number of carbonyl (C=O) groups excluding carboxylic acids is 2. The number of hydrogen-bond acceptors (Lipinski definition) is 5. The van der Waals surface area contributed by atoms with E-state index in [0.29, 0.717) is 11.6 Å². The number of amides is 3. The SMILES string of the molecule is CC(C)=CCC/C(C)=C/CC/C(C)=C/CC/C(C)=C/CSCC(Nc1ccccn1)C(=O)NC(N)=O. The number of carbonyl (C=O) groups is 2. The fraction of sp³-hybridized carbons (Fsp3) is 0.483. The maximum absolute atomic E-state index is 12.3. The molecule has 0 aromatic carbocycles. The first-order valence-electron chi connectivity index (χ1n) is 12.6. The first-order chi connectivity index (χ1) is 17.2. The lowest BCUT2D eigenvalue weighted by Gasteiger charge is -2.17. The third kappa shape index (κ3) is 16.0. The van der Waals surface area contributed by atoms with Gasteiger partial charge in [0, 0.05) is 17.7 Å². The van der Waals surface area contributed by atoms with E-state index in [4.69, 9.17) is 5.73 Å². The van der Waals surface area contributed by atoms with Crippen LogP contribution in [-0.2, 0) is 4.79 Å². The number of hydrogen-bond donors (Lipinski definition) is 3. The molecule has 1 rings (SSSR count). The summed E-state index contributed by atoms with van der Waals surface area (Å²) >= 11 is 1.62. The van der Waals surface area contributed by atoms with Crippen molar-refractivity contribution in [2.24, 2.45) is 5.73 Å². The van der Waals surface area contributed by atoms with Crippen LogP contribution in [0.2, 0.25) is 0 Å². The van der Waals surface area contributed by atoms with Crippen molar-refractivity contribution in [2.45, 2.75) is 79.2 Å². The van der Waals surface area contributed by atoms with Gasteiger partial charge >= 0.3 is 6.03 Å². The molecule has 0 saturated heterocycles. The van der Waals surface area contributed by atoms with E-state index >= 15 is 0 Å². The number of nitrogens with one attached hydrogen (secondary N) is 2. The number of thioether (sulfide) groups is 1. The quantitative estimate of drug-likeness (QED) is 0.165. The monoisotopic (exact) mass is 512 g/mol. The zero-order valence-corrected chi connectivity index (χ0v) is 23.4. The van der Waals surface area contributed by atoms with Gasteiger partial charge in [0.1, 0.15) is 11.9 Å². The Bertz CT molecular complexity index is 932. The van der Waals surface area contributed by atoms with Gasteiger partial charge < -0.3 is 11.1 Å². The molecule has 198 valence electrons. The number of nitrogens with zero attached hydrogens (tertiary/aromatic N) is 1. The zero-order chi connectivity index (χ0) is 26.8. The molecule has 7 heteroatoms. The average molecular weight is 513 g/mol. The molecule has 0 aliphatic carbocycles. The molecule has 3 amide bonds. The Labute approximate surface area is 222 Å². The van der Waals surface area contributed by atoms with Crippen LogP contribution < -0.4 is 16.4 Å². The Balaban J connectivity index is 2.39. The lowest BCUT2D eigenvalue weighted by Crippen LogP contribution is -2.46. The van der Waals surface area contributed by atoms with E-state index in [2.05, 4.69) is 74.5 Å². The number of allylic oxidation sites excluding steroid dienone is 7. The largest absolute Gasteiger partial charge is 0.358 e. The molecular weight excluding hydrogens is 468 g/mol. The molecule has 4 N–H and O–H groups in total. The molecule has 0 bridgehead atoms. The lowest BCUT2D eigenvalue weighted by atomic mass is 10.0. The number of pyridine rings is 1. The smallest absolute Gasteiger partial charge is 0.318 e. The van der Waals surface area contributed by atoms with Crippen molar-refractivity contribution < 1.29 is 9.59 Å². The summed E-state index contributed by atoms with van der Waals surface area (Å²) in [6.45, 7) is 10.9. The van der Waals surface area contributed by atoms with Crippen LogP contribution >= 0.6 is 11.8 Å². The van der Waals surface area contributed by atoms with Crippen molar-refractivity contribution in [3.8, 4) is 0 Å². The second-order valence-electron chi connectivity index (χ2n) is 9.35. The fourth-order valence-corrected chi connectivity index (χ4v) is 4.40. The minimum absolute atomic E-state index is 0.458. The van der Waals surface area contributed by atoms with E-state index in [1.807, 2.05) is 6.07 Å². The highest BCUT2D eigenvalue weighted by atomic mass is 32.2. The van der Waals surface area contributed by atoms with Gasteiger partial charge in [-0.25, -0.2) is 9.78 Å². The summed E-state index contributed by atoms with van der Waals surface area (Å²) in [5.41, 5.74) is 10.7. The van der Waals surface area contributed by atoms with E-state index in [1.54, 1.807) is 30.1 Å². The van der Waals surface area contributed by atoms with Gasteiger partial charge in [0.15, 0.2) is 0 Å². The summed E-state index contributed by atoms with van der Waals surface area (Å²) < 4.78 is 0. The molecule has 1 aromatic rings. The maximum atomic E-state index is 12.3. The van der Waals surface area contributed by atoms with Crippen molar-refractivity contribution in [3.63, 3.8) is 0 Å². The van der Waals surface area contributed by atoms with Crippen LogP contribution in [0.25, 0.3) is 0 Å². The number of primary amides is 1. The normalized spacial score (nSPS) is 13.2. The molecule has 1 atom stereocenters. The van der Waals surface area contributed by atoms with Crippen molar-refractivity contribution in [1.82, 2.24) is 10.3 Å². The second kappa shape index (κ2) is 18.5. The molecule has 0 spiro atoms. The van der Waals surface area contributed by atoms with Crippen LogP contribution in [0.1, 0.15) is 73.1 Å². The molecule has 6 nitrogen and oxygen atoms in total. The topological polar surface area (TPSA) is 97.1 Å². The van der Waals surface area contributed by atoms with Gasteiger partial charge in [0.2, 0.25) is 0 Å². The highest BCUT2D eigenvalue weighted by Crippen LogP contribution is 2.15. The molecule has 1 aromatic heterocycles. The van der Waals surface area contributed by atoms with Gasteiger partial charge in [-0.05, 0) is 85.3 Å². The van der Waals surface area contributed by atoms with Crippen molar-refractivity contribution in [2.75, 3.05) is 16.8 Å². The molecule has 1 unspecified atom stereocenters. The Hall–Kier alpha value is -2.80. The van der Waals surface area contributed by atoms with E-state index in [1.165, 1.54) is 22.3 Å². The summed E-state index contributed by atoms with van der Waals surface area (Å²) in [7, 11) is 0. The Kier molecular flexibility index (Phi) is 16.0. The predicted molar refractivity (Wildman–Crippen MR) is 155 cm³/mol. The van der Waals surface area contributed by atoms with Crippen LogP contribution in [0, 0.1) is 0 Å². The summed E-state index contributed by atoms with van der Waals surface area (Å²) in [5, 5.41) is 5.22. The van der Waals surface area contributed by atoms with Crippen LogP contribution in [-0.4, -0.2) is 34.5 Å². The number of imide groups is 1. The summed E-state index contributed by atoms with van der Waals surface area (Å²) in [4.78, 5) is 27.6. The van der Waals surface area contributed by atoms with Gasteiger partial charge in [-0.1, -0.05) is 52.7 Å². The van der Waals surface area contributed by atoms with Gasteiger partial charge in [0.05, 0.1) is 0 Å².